The SMILES string of the molecule is COc1ccc(CN2CCN(CC(O)C(C)C)CC2)cc1F.I. The number of aliphatic hydroxyl groups is 1. The maximum absolute atomic E-state index is 13.7. The van der Waals surface area contributed by atoms with Crippen molar-refractivity contribution >= 4 is 24.0 Å². The molecule has 1 N–H and O–H groups in total. The van der Waals surface area contributed by atoms with Crippen LogP contribution < -0.4 is 4.74 Å². The lowest BCUT2D eigenvalue weighted by atomic mass is 10.1. The lowest BCUT2D eigenvalue weighted by Crippen LogP contribution is -2.48. The predicted molar refractivity (Wildman–Crippen MR) is 101 cm³/mol. The molecule has 0 aromatic heterocycles. The molecule has 1 saturated heterocycles. The van der Waals surface area contributed by atoms with Crippen LogP contribution in [0.2, 0.25) is 0 Å². The molecule has 1 unspecified atom stereocenters. The fourth-order valence-electron chi connectivity index (χ4n) is 2.67. The van der Waals surface area contributed by atoms with E-state index in [0.717, 1.165) is 44.8 Å². The van der Waals surface area contributed by atoms with Crippen LogP contribution in [0.4, 0.5) is 4.39 Å². The first-order valence-corrected chi connectivity index (χ1v) is 7.94. The van der Waals surface area contributed by atoms with Gasteiger partial charge >= 0.3 is 0 Å². The Balaban J connectivity index is 0.00000264. The van der Waals surface area contributed by atoms with E-state index in [0.29, 0.717) is 5.92 Å². The summed E-state index contributed by atoms with van der Waals surface area (Å²) in [5.41, 5.74) is 0.967. The molecule has 132 valence electrons. The minimum absolute atomic E-state index is 0. The molecular formula is C17H28FIN2O2. The summed E-state index contributed by atoms with van der Waals surface area (Å²) in [6, 6.07) is 5.14. The van der Waals surface area contributed by atoms with Crippen LogP contribution >= 0.6 is 24.0 Å². The number of methoxy groups -OCH3 is 1. The fraction of sp³-hybridized carbons (Fsp3) is 0.647. The van der Waals surface area contributed by atoms with Crippen molar-refractivity contribution in [3.05, 3.63) is 29.6 Å². The van der Waals surface area contributed by atoms with Gasteiger partial charge in [-0.2, -0.15) is 0 Å². The minimum Gasteiger partial charge on any atom is -0.494 e. The molecule has 0 bridgehead atoms. The molecule has 1 atom stereocenters. The van der Waals surface area contributed by atoms with E-state index in [-0.39, 0.29) is 41.6 Å². The third-order valence-electron chi connectivity index (χ3n) is 4.30. The highest BCUT2D eigenvalue weighted by atomic mass is 127. The van der Waals surface area contributed by atoms with E-state index in [9.17, 15) is 9.50 Å². The quantitative estimate of drug-likeness (QED) is 0.693. The van der Waals surface area contributed by atoms with E-state index < -0.39 is 0 Å². The van der Waals surface area contributed by atoms with Gasteiger partial charge in [0.1, 0.15) is 0 Å². The largest absolute Gasteiger partial charge is 0.494 e. The molecule has 0 spiro atoms. The number of hydrogen-bond acceptors (Lipinski definition) is 4. The number of halogens is 2. The summed E-state index contributed by atoms with van der Waals surface area (Å²) >= 11 is 0. The molecule has 1 aliphatic rings. The molecule has 6 heteroatoms. The van der Waals surface area contributed by atoms with E-state index in [1.165, 1.54) is 7.11 Å². The van der Waals surface area contributed by atoms with Gasteiger partial charge in [0, 0.05) is 39.3 Å². The second-order valence-corrected chi connectivity index (χ2v) is 6.36. The molecule has 1 heterocycles. The van der Waals surface area contributed by atoms with Crippen molar-refractivity contribution in [1.82, 2.24) is 9.80 Å². The van der Waals surface area contributed by atoms with E-state index in [4.69, 9.17) is 4.74 Å². The summed E-state index contributed by atoms with van der Waals surface area (Å²) in [6.45, 7) is 9.35. The van der Waals surface area contributed by atoms with Gasteiger partial charge in [-0.3, -0.25) is 9.80 Å². The van der Waals surface area contributed by atoms with Gasteiger partial charge in [-0.25, -0.2) is 4.39 Å². The second-order valence-electron chi connectivity index (χ2n) is 6.36. The summed E-state index contributed by atoms with van der Waals surface area (Å²) in [5.74, 6) is 0.273. The number of aliphatic hydroxyl groups excluding tert-OH is 1. The van der Waals surface area contributed by atoms with Gasteiger partial charge in [0.05, 0.1) is 13.2 Å². The van der Waals surface area contributed by atoms with Crippen molar-refractivity contribution < 1.29 is 14.2 Å². The third kappa shape index (κ3) is 6.17. The Morgan fingerprint density at radius 2 is 1.78 bits per heavy atom. The number of β-amino-alcohol motifs (C(OH)–C–C–N with tert-alkyl or cyclic N) is 1. The van der Waals surface area contributed by atoms with Crippen LogP contribution in [-0.2, 0) is 6.54 Å². The van der Waals surface area contributed by atoms with Gasteiger partial charge in [-0.15, -0.1) is 24.0 Å². The molecule has 4 nitrogen and oxygen atoms in total. The van der Waals surface area contributed by atoms with Crippen molar-refractivity contribution in [3.8, 4) is 5.75 Å². The summed E-state index contributed by atoms with van der Waals surface area (Å²) in [7, 11) is 1.48. The average molecular weight is 438 g/mol. The van der Waals surface area contributed by atoms with E-state index in [1.54, 1.807) is 12.1 Å². The van der Waals surface area contributed by atoms with Gasteiger partial charge in [-0.05, 0) is 23.6 Å². The van der Waals surface area contributed by atoms with Gasteiger partial charge < -0.3 is 9.84 Å². The van der Waals surface area contributed by atoms with Gasteiger partial charge in [-0.1, -0.05) is 19.9 Å². The standard InChI is InChI=1S/C17H27FN2O2.HI/c1-13(2)16(21)12-20-8-6-19(7-9-20)11-14-4-5-17(22-3)15(18)10-14;/h4-5,10,13,16,21H,6-9,11-12H2,1-3H3;1H. The number of rotatable bonds is 6. The highest BCUT2D eigenvalue weighted by Crippen LogP contribution is 2.19. The number of hydrogen-bond donors (Lipinski definition) is 1. The average Bonchev–Trinajstić information content (AvgIpc) is 2.49. The molecule has 0 saturated carbocycles. The number of ether oxygens (including phenoxy) is 1. The maximum atomic E-state index is 13.7. The number of piperazine rings is 1. The van der Waals surface area contributed by atoms with E-state index in [1.807, 2.05) is 19.9 Å². The van der Waals surface area contributed by atoms with E-state index >= 15 is 0 Å². The fourth-order valence-corrected chi connectivity index (χ4v) is 2.67. The Hall–Kier alpha value is -0.440. The summed E-state index contributed by atoms with van der Waals surface area (Å²) in [4.78, 5) is 4.62. The highest BCUT2D eigenvalue weighted by Gasteiger charge is 2.20. The molecule has 1 aliphatic heterocycles. The molecule has 23 heavy (non-hydrogen) atoms. The Kier molecular flexibility index (Phi) is 8.74. The predicted octanol–water partition coefficient (Wildman–Crippen LogP) is 2.59. The van der Waals surface area contributed by atoms with Crippen LogP contribution in [0.25, 0.3) is 0 Å². The molecule has 0 amide bonds. The van der Waals surface area contributed by atoms with Crippen LogP contribution in [0, 0.1) is 11.7 Å². The summed E-state index contributed by atoms with van der Waals surface area (Å²) in [6.07, 6.45) is -0.262. The zero-order valence-corrected chi connectivity index (χ0v) is 16.5. The molecule has 0 aliphatic carbocycles. The van der Waals surface area contributed by atoms with Crippen LogP contribution in [0.15, 0.2) is 18.2 Å². The zero-order chi connectivity index (χ0) is 16.1. The van der Waals surface area contributed by atoms with Gasteiger partial charge in [0.2, 0.25) is 0 Å². The van der Waals surface area contributed by atoms with Crippen LogP contribution in [-0.4, -0.2) is 60.8 Å². The van der Waals surface area contributed by atoms with Crippen LogP contribution in [0.1, 0.15) is 19.4 Å². The van der Waals surface area contributed by atoms with Crippen molar-refractivity contribution in [3.63, 3.8) is 0 Å². The van der Waals surface area contributed by atoms with Crippen molar-refractivity contribution in [2.45, 2.75) is 26.5 Å². The number of nitrogens with zero attached hydrogens (tertiary/aromatic N) is 2. The first kappa shape index (κ1) is 20.6. The Labute approximate surface area is 155 Å². The highest BCUT2D eigenvalue weighted by molar-refractivity contribution is 14.0. The van der Waals surface area contributed by atoms with Crippen molar-refractivity contribution in [1.29, 1.82) is 0 Å². The molecule has 0 radical (unpaired) electrons. The maximum Gasteiger partial charge on any atom is 0.165 e. The molecule has 1 aromatic carbocycles. The first-order valence-electron chi connectivity index (χ1n) is 7.94. The van der Waals surface area contributed by atoms with Crippen molar-refractivity contribution in [2.75, 3.05) is 39.8 Å². The zero-order valence-electron chi connectivity index (χ0n) is 14.2. The second kappa shape index (κ2) is 9.76. The molecule has 2 rings (SSSR count). The van der Waals surface area contributed by atoms with Crippen LogP contribution in [0.5, 0.6) is 5.75 Å². The van der Waals surface area contributed by atoms with E-state index in [2.05, 4.69) is 9.80 Å². The molecular weight excluding hydrogens is 410 g/mol. The lowest BCUT2D eigenvalue weighted by molar-refractivity contribution is 0.0481. The Morgan fingerprint density at radius 3 is 2.30 bits per heavy atom. The Bertz CT molecular complexity index is 480. The van der Waals surface area contributed by atoms with Gasteiger partial charge in [0.25, 0.3) is 0 Å². The van der Waals surface area contributed by atoms with Crippen molar-refractivity contribution in [2.24, 2.45) is 5.92 Å². The topological polar surface area (TPSA) is 35.9 Å². The van der Waals surface area contributed by atoms with Gasteiger partial charge in [0.15, 0.2) is 11.6 Å². The third-order valence-corrected chi connectivity index (χ3v) is 4.30. The summed E-state index contributed by atoms with van der Waals surface area (Å²) in [5, 5.41) is 9.95. The summed E-state index contributed by atoms with van der Waals surface area (Å²) < 4.78 is 18.6. The molecule has 1 fully saturated rings. The smallest absolute Gasteiger partial charge is 0.165 e. The lowest BCUT2D eigenvalue weighted by Gasteiger charge is -2.36. The first-order chi connectivity index (χ1) is 10.5. The Morgan fingerprint density at radius 1 is 1.17 bits per heavy atom. The minimum atomic E-state index is -0.307. The molecule has 1 aromatic rings. The monoisotopic (exact) mass is 438 g/mol. The van der Waals surface area contributed by atoms with Crippen LogP contribution in [0.3, 0.4) is 0 Å². The normalized spacial score (nSPS) is 17.8. The number of benzene rings is 1.